The van der Waals surface area contributed by atoms with Crippen molar-refractivity contribution < 1.29 is 9.90 Å². The Bertz CT molecular complexity index is 68.5. The molecule has 0 heterocycles. The Kier molecular flexibility index (Phi) is 3.24. The summed E-state index contributed by atoms with van der Waals surface area (Å²) in [6, 6.07) is 0. The fourth-order valence-electron chi connectivity index (χ4n) is 0.195. The van der Waals surface area contributed by atoms with Crippen LogP contribution in [0.2, 0.25) is 0 Å². The van der Waals surface area contributed by atoms with Crippen LogP contribution < -0.4 is 0 Å². The van der Waals surface area contributed by atoms with Gasteiger partial charge in [0.05, 0.1) is 6.10 Å². The second kappa shape index (κ2) is 3.56. The van der Waals surface area contributed by atoms with Crippen LogP contribution in [0.15, 0.2) is 12.7 Å². The molecule has 0 radical (unpaired) electrons. The van der Waals surface area contributed by atoms with Gasteiger partial charge in [0.15, 0.2) is 0 Å². The summed E-state index contributed by atoms with van der Waals surface area (Å²) in [5, 5.41) is 8.51. The van der Waals surface area contributed by atoms with Gasteiger partial charge in [-0.15, -0.1) is 6.58 Å². The van der Waals surface area contributed by atoms with Crippen LogP contribution >= 0.6 is 0 Å². The van der Waals surface area contributed by atoms with Gasteiger partial charge in [0.1, 0.15) is 6.29 Å². The predicted molar refractivity (Wildman–Crippen MR) is 26.9 cm³/mol. The molecule has 0 aromatic rings. The normalized spacial score (nSPS) is 12.7. The van der Waals surface area contributed by atoms with Crippen molar-refractivity contribution in [2.24, 2.45) is 0 Å². The molecule has 0 spiro atoms. The minimum Gasteiger partial charge on any atom is -0.389 e. The lowest BCUT2D eigenvalue weighted by atomic mass is 10.3. The smallest absolute Gasteiger partial charge is 0.122 e. The largest absolute Gasteiger partial charge is 0.389 e. The van der Waals surface area contributed by atoms with Gasteiger partial charge in [-0.25, -0.2) is 0 Å². The molecule has 0 fully saturated rings. The van der Waals surface area contributed by atoms with E-state index in [0.29, 0.717) is 6.29 Å². The molecule has 0 amide bonds. The minimum atomic E-state index is -0.655. The third-order valence-electron chi connectivity index (χ3n) is 0.610. The molecule has 0 aliphatic heterocycles. The maximum absolute atomic E-state index is 9.57. The molecule has 0 aliphatic carbocycles. The van der Waals surface area contributed by atoms with Gasteiger partial charge < -0.3 is 9.90 Å². The van der Waals surface area contributed by atoms with E-state index in [-0.39, 0.29) is 6.42 Å². The quantitative estimate of drug-likeness (QED) is 0.404. The lowest BCUT2D eigenvalue weighted by Crippen LogP contribution is -2.00. The molecule has 1 N–H and O–H groups in total. The van der Waals surface area contributed by atoms with Gasteiger partial charge in [-0.3, -0.25) is 0 Å². The number of aliphatic hydroxyl groups excluding tert-OH is 1. The Morgan fingerprint density at radius 1 is 1.86 bits per heavy atom. The van der Waals surface area contributed by atoms with Crippen molar-refractivity contribution in [3.63, 3.8) is 0 Å². The Labute approximate surface area is 42.5 Å². The van der Waals surface area contributed by atoms with Crippen molar-refractivity contribution in [2.75, 3.05) is 0 Å². The van der Waals surface area contributed by atoms with Crippen LogP contribution in [0.5, 0.6) is 0 Å². The first-order valence-electron chi connectivity index (χ1n) is 2.05. The maximum atomic E-state index is 9.57. The van der Waals surface area contributed by atoms with Crippen LogP contribution in [0, 0.1) is 0 Å². The molecule has 0 aromatic heterocycles. The summed E-state index contributed by atoms with van der Waals surface area (Å²) in [5.41, 5.74) is 0. The number of hydrogen-bond acceptors (Lipinski definition) is 2. The molecule has 7 heavy (non-hydrogen) atoms. The molecule has 1 unspecified atom stereocenters. The van der Waals surface area contributed by atoms with Gasteiger partial charge in [-0.1, -0.05) is 6.08 Å². The minimum absolute atomic E-state index is 0.156. The Balaban J connectivity index is 3.15. The SMILES string of the molecule is C=CC(O)CC=O. The molecule has 40 valence electrons. The number of aliphatic hydroxyl groups is 1. The van der Waals surface area contributed by atoms with E-state index < -0.39 is 6.10 Å². The first kappa shape index (κ1) is 6.37. The van der Waals surface area contributed by atoms with E-state index in [1.807, 2.05) is 0 Å². The van der Waals surface area contributed by atoms with Crippen LogP contribution in [-0.2, 0) is 4.79 Å². The van der Waals surface area contributed by atoms with Crippen molar-refractivity contribution in [1.29, 1.82) is 0 Å². The van der Waals surface area contributed by atoms with E-state index in [4.69, 9.17) is 5.11 Å². The van der Waals surface area contributed by atoms with Crippen molar-refractivity contribution in [1.82, 2.24) is 0 Å². The summed E-state index contributed by atoms with van der Waals surface area (Å²) in [6.45, 7) is 3.27. The third-order valence-corrected chi connectivity index (χ3v) is 0.610. The van der Waals surface area contributed by atoms with Crippen molar-refractivity contribution >= 4 is 6.29 Å². The summed E-state index contributed by atoms with van der Waals surface area (Å²) < 4.78 is 0. The van der Waals surface area contributed by atoms with E-state index in [1.165, 1.54) is 6.08 Å². The molecule has 0 saturated heterocycles. The van der Waals surface area contributed by atoms with E-state index in [0.717, 1.165) is 0 Å². The molecule has 0 rings (SSSR count). The number of hydrogen-bond donors (Lipinski definition) is 1. The molecule has 1 atom stereocenters. The van der Waals surface area contributed by atoms with Crippen LogP contribution in [0.25, 0.3) is 0 Å². The number of carbonyl (C=O) groups is 1. The summed E-state index contributed by atoms with van der Waals surface area (Å²) in [6.07, 6.45) is 1.49. The molecule has 2 nitrogen and oxygen atoms in total. The Morgan fingerprint density at radius 3 is 2.57 bits per heavy atom. The van der Waals surface area contributed by atoms with Gasteiger partial charge in [0.2, 0.25) is 0 Å². The summed E-state index contributed by atoms with van der Waals surface area (Å²) in [5.74, 6) is 0. The van der Waals surface area contributed by atoms with E-state index in [1.54, 1.807) is 0 Å². The summed E-state index contributed by atoms with van der Waals surface area (Å²) in [7, 11) is 0. The average molecular weight is 100 g/mol. The molecule has 0 aliphatic rings. The average Bonchev–Trinajstić information content (AvgIpc) is 1.68. The molecular weight excluding hydrogens is 92.1 g/mol. The van der Waals surface area contributed by atoms with Gasteiger partial charge in [0.25, 0.3) is 0 Å². The van der Waals surface area contributed by atoms with E-state index in [9.17, 15) is 4.79 Å². The van der Waals surface area contributed by atoms with E-state index in [2.05, 4.69) is 6.58 Å². The van der Waals surface area contributed by atoms with Crippen molar-refractivity contribution in [2.45, 2.75) is 12.5 Å². The molecule has 0 bridgehead atoms. The lowest BCUT2D eigenvalue weighted by Gasteiger charge is -1.92. The molecule has 2 heteroatoms. The van der Waals surface area contributed by atoms with Crippen LogP contribution in [-0.4, -0.2) is 17.5 Å². The zero-order chi connectivity index (χ0) is 5.70. The predicted octanol–water partition coefficient (Wildman–Crippen LogP) is 0.122. The number of rotatable bonds is 3. The lowest BCUT2D eigenvalue weighted by molar-refractivity contribution is -0.109. The number of carbonyl (C=O) groups excluding carboxylic acids is 1. The fourth-order valence-corrected chi connectivity index (χ4v) is 0.195. The zero-order valence-electron chi connectivity index (χ0n) is 4.00. The summed E-state index contributed by atoms with van der Waals surface area (Å²) in [4.78, 5) is 9.57. The van der Waals surface area contributed by atoms with Crippen LogP contribution in [0.4, 0.5) is 0 Å². The standard InChI is InChI=1S/C5H8O2/c1-2-5(7)3-4-6/h2,4-5,7H,1,3H2. The first-order valence-corrected chi connectivity index (χ1v) is 2.05. The fraction of sp³-hybridized carbons (Fsp3) is 0.400. The van der Waals surface area contributed by atoms with E-state index >= 15 is 0 Å². The van der Waals surface area contributed by atoms with Crippen molar-refractivity contribution in [3.05, 3.63) is 12.7 Å². The maximum Gasteiger partial charge on any atom is 0.122 e. The summed E-state index contributed by atoms with van der Waals surface area (Å²) >= 11 is 0. The van der Waals surface area contributed by atoms with Gasteiger partial charge >= 0.3 is 0 Å². The van der Waals surface area contributed by atoms with Gasteiger partial charge in [-0.05, 0) is 0 Å². The second-order valence-electron chi connectivity index (χ2n) is 1.21. The highest BCUT2D eigenvalue weighted by Gasteiger charge is 1.91. The van der Waals surface area contributed by atoms with Crippen molar-refractivity contribution in [3.8, 4) is 0 Å². The monoisotopic (exact) mass is 100 g/mol. The van der Waals surface area contributed by atoms with Gasteiger partial charge in [-0.2, -0.15) is 0 Å². The van der Waals surface area contributed by atoms with Crippen LogP contribution in [0.3, 0.4) is 0 Å². The topological polar surface area (TPSA) is 37.3 Å². The third kappa shape index (κ3) is 3.19. The number of aldehydes is 1. The van der Waals surface area contributed by atoms with Gasteiger partial charge in [0, 0.05) is 6.42 Å². The highest BCUT2D eigenvalue weighted by molar-refractivity contribution is 5.50. The Hall–Kier alpha value is -0.630. The highest BCUT2D eigenvalue weighted by Crippen LogP contribution is 1.85. The second-order valence-corrected chi connectivity index (χ2v) is 1.21. The first-order chi connectivity index (χ1) is 3.31. The molecular formula is C5H8O2. The zero-order valence-corrected chi connectivity index (χ0v) is 4.00. The molecule has 0 aromatic carbocycles. The van der Waals surface area contributed by atoms with Crippen LogP contribution in [0.1, 0.15) is 6.42 Å². The Morgan fingerprint density at radius 2 is 2.43 bits per heavy atom. The molecule has 0 saturated carbocycles. The highest BCUT2D eigenvalue weighted by atomic mass is 16.3.